The van der Waals surface area contributed by atoms with Crippen molar-refractivity contribution >= 4 is 23.4 Å². The number of carbonyl (C=O) groups is 1. The number of nitrogens with zero attached hydrogens (tertiary/aromatic N) is 3. The van der Waals surface area contributed by atoms with Crippen LogP contribution >= 0.6 is 11.8 Å². The van der Waals surface area contributed by atoms with Crippen molar-refractivity contribution < 1.29 is 14.3 Å². The van der Waals surface area contributed by atoms with E-state index in [-0.39, 0.29) is 11.9 Å². The van der Waals surface area contributed by atoms with Gasteiger partial charge >= 0.3 is 0 Å². The number of nitriles is 1. The molecule has 0 aromatic heterocycles. The molecule has 0 spiro atoms. The molecule has 1 aliphatic heterocycles. The summed E-state index contributed by atoms with van der Waals surface area (Å²) in [5, 5.41) is 10.6. The smallest absolute Gasteiger partial charge is 0.223 e. The van der Waals surface area contributed by atoms with Gasteiger partial charge in [0.25, 0.3) is 0 Å². The molecule has 7 heteroatoms. The zero-order valence-corrected chi connectivity index (χ0v) is 25.0. The van der Waals surface area contributed by atoms with Crippen molar-refractivity contribution in [1.82, 2.24) is 4.90 Å². The fourth-order valence-corrected chi connectivity index (χ4v) is 6.79. The van der Waals surface area contributed by atoms with Crippen LogP contribution in [-0.2, 0) is 16.0 Å². The number of benzene rings is 3. The summed E-state index contributed by atoms with van der Waals surface area (Å²) in [5.74, 6) is 1.54. The topological polar surface area (TPSA) is 65.8 Å². The Morgan fingerprint density at radius 1 is 1.12 bits per heavy atom. The lowest BCUT2D eigenvalue weighted by Crippen LogP contribution is -2.35. The summed E-state index contributed by atoms with van der Waals surface area (Å²) in [6, 6.07) is 24.9. The molecule has 6 nitrogen and oxygen atoms in total. The van der Waals surface area contributed by atoms with Gasteiger partial charge in [-0.2, -0.15) is 5.26 Å². The third-order valence-corrected chi connectivity index (χ3v) is 9.25. The van der Waals surface area contributed by atoms with Crippen LogP contribution in [0.4, 0.5) is 5.69 Å². The molecule has 1 heterocycles. The van der Waals surface area contributed by atoms with Crippen molar-refractivity contribution in [1.29, 1.82) is 5.26 Å². The molecule has 1 aliphatic rings. The minimum atomic E-state index is -0.749. The fourth-order valence-electron chi connectivity index (χ4n) is 5.56. The van der Waals surface area contributed by atoms with Crippen LogP contribution in [0.15, 0.2) is 71.6 Å². The van der Waals surface area contributed by atoms with E-state index in [1.807, 2.05) is 53.4 Å². The molecule has 1 amide bonds. The van der Waals surface area contributed by atoms with Gasteiger partial charge in [-0.3, -0.25) is 9.69 Å². The molecular formula is C33H39N3O3S. The predicted octanol–water partition coefficient (Wildman–Crippen LogP) is 6.99. The van der Waals surface area contributed by atoms with E-state index in [9.17, 15) is 10.1 Å². The summed E-state index contributed by atoms with van der Waals surface area (Å²) < 4.78 is 10.4. The highest BCUT2D eigenvalue weighted by atomic mass is 32.2. The minimum absolute atomic E-state index is 0.0405. The summed E-state index contributed by atoms with van der Waals surface area (Å²) in [6.45, 7) is 5.37. The number of amides is 1. The summed E-state index contributed by atoms with van der Waals surface area (Å²) in [6.07, 6.45) is 3.38. The van der Waals surface area contributed by atoms with Crippen LogP contribution < -0.4 is 14.4 Å². The molecule has 2 atom stereocenters. The van der Waals surface area contributed by atoms with Gasteiger partial charge in [-0.25, -0.2) is 0 Å². The highest BCUT2D eigenvalue weighted by Gasteiger charge is 2.34. The van der Waals surface area contributed by atoms with Crippen LogP contribution in [0, 0.1) is 11.3 Å². The second-order valence-corrected chi connectivity index (χ2v) is 11.7. The zero-order valence-electron chi connectivity index (χ0n) is 24.1. The molecule has 0 aliphatic carbocycles. The zero-order chi connectivity index (χ0) is 28.7. The van der Waals surface area contributed by atoms with Gasteiger partial charge in [0.2, 0.25) is 5.91 Å². The van der Waals surface area contributed by atoms with Gasteiger partial charge in [-0.1, -0.05) is 48.2 Å². The Morgan fingerprint density at radius 2 is 1.90 bits per heavy atom. The normalized spacial score (nSPS) is 15.1. The van der Waals surface area contributed by atoms with Crippen molar-refractivity contribution in [3.63, 3.8) is 0 Å². The van der Waals surface area contributed by atoms with E-state index < -0.39 is 4.75 Å². The third kappa shape index (κ3) is 6.29. The average Bonchev–Trinajstić information content (AvgIpc) is 2.99. The van der Waals surface area contributed by atoms with Gasteiger partial charge in [-0.05, 0) is 93.2 Å². The Hall–Kier alpha value is -3.47. The van der Waals surface area contributed by atoms with Gasteiger partial charge < -0.3 is 14.4 Å². The molecule has 0 saturated carbocycles. The molecule has 4 rings (SSSR count). The highest BCUT2D eigenvalue weighted by Crippen LogP contribution is 2.46. The van der Waals surface area contributed by atoms with Gasteiger partial charge in [0.15, 0.2) is 0 Å². The van der Waals surface area contributed by atoms with E-state index in [1.54, 1.807) is 32.9 Å². The highest BCUT2D eigenvalue weighted by molar-refractivity contribution is 8.00. The van der Waals surface area contributed by atoms with Crippen molar-refractivity contribution in [2.24, 2.45) is 0 Å². The second kappa shape index (κ2) is 13.3. The molecule has 40 heavy (non-hydrogen) atoms. The van der Waals surface area contributed by atoms with E-state index in [4.69, 9.17) is 9.47 Å². The maximum Gasteiger partial charge on any atom is 0.223 e. The van der Waals surface area contributed by atoms with Crippen LogP contribution in [0.25, 0.3) is 0 Å². The molecule has 3 aromatic rings. The number of hydrogen-bond acceptors (Lipinski definition) is 6. The first-order chi connectivity index (χ1) is 19.3. The van der Waals surface area contributed by atoms with Crippen LogP contribution in [0.5, 0.6) is 11.5 Å². The minimum Gasteiger partial charge on any atom is -0.497 e. The van der Waals surface area contributed by atoms with E-state index in [0.29, 0.717) is 13.0 Å². The van der Waals surface area contributed by atoms with Crippen molar-refractivity contribution in [3.8, 4) is 17.6 Å². The molecule has 0 N–H and O–H groups in total. The number of anilines is 1. The second-order valence-electron chi connectivity index (χ2n) is 10.3. The number of fused-ring (bicyclic) bond motifs is 1. The monoisotopic (exact) mass is 557 g/mol. The Balaban J connectivity index is 1.56. The summed E-state index contributed by atoms with van der Waals surface area (Å²) in [4.78, 5) is 17.7. The molecule has 3 aromatic carbocycles. The van der Waals surface area contributed by atoms with Gasteiger partial charge in [-0.15, -0.1) is 0 Å². The van der Waals surface area contributed by atoms with Gasteiger partial charge in [0.1, 0.15) is 16.2 Å². The van der Waals surface area contributed by atoms with Gasteiger partial charge in [0.05, 0.1) is 26.0 Å². The Kier molecular flexibility index (Phi) is 9.78. The van der Waals surface area contributed by atoms with Crippen LogP contribution in [-0.4, -0.2) is 45.2 Å². The van der Waals surface area contributed by atoms with Crippen molar-refractivity contribution in [3.05, 3.63) is 83.4 Å². The number of ether oxygens (including phenoxy) is 2. The van der Waals surface area contributed by atoms with Crippen LogP contribution in [0.3, 0.4) is 0 Å². The molecular weight excluding hydrogens is 518 g/mol. The van der Waals surface area contributed by atoms with E-state index in [2.05, 4.69) is 43.1 Å². The van der Waals surface area contributed by atoms with Crippen LogP contribution in [0.2, 0.25) is 0 Å². The number of methoxy groups -OCH3 is 2. The summed E-state index contributed by atoms with van der Waals surface area (Å²) in [7, 11) is 5.45. The molecule has 0 fully saturated rings. The number of rotatable bonds is 11. The maximum absolute atomic E-state index is 12.4. The molecule has 0 saturated heterocycles. The molecule has 2 unspecified atom stereocenters. The first-order valence-corrected chi connectivity index (χ1v) is 14.6. The summed E-state index contributed by atoms with van der Waals surface area (Å²) in [5.41, 5.74) is 4.29. The predicted molar refractivity (Wildman–Crippen MR) is 162 cm³/mol. The molecule has 0 bridgehead atoms. The quantitative estimate of drug-likeness (QED) is 0.237. The Labute approximate surface area is 242 Å². The van der Waals surface area contributed by atoms with E-state index >= 15 is 0 Å². The maximum atomic E-state index is 12.4. The lowest BCUT2D eigenvalue weighted by molar-refractivity contribution is -0.116. The van der Waals surface area contributed by atoms with Gasteiger partial charge in [0, 0.05) is 24.4 Å². The van der Waals surface area contributed by atoms with Crippen LogP contribution in [0.1, 0.15) is 55.8 Å². The van der Waals surface area contributed by atoms with Crippen molar-refractivity contribution in [2.75, 3.05) is 39.3 Å². The fraction of sp³-hybridized carbons (Fsp3) is 0.394. The first kappa shape index (κ1) is 29.5. The number of carbonyl (C=O) groups excluding carboxylic acids is 1. The lowest BCUT2D eigenvalue weighted by atomic mass is 9.91. The summed E-state index contributed by atoms with van der Waals surface area (Å²) >= 11 is 1.60. The van der Waals surface area contributed by atoms with Crippen molar-refractivity contribution in [2.45, 2.75) is 55.2 Å². The van der Waals surface area contributed by atoms with E-state index in [0.717, 1.165) is 53.5 Å². The van der Waals surface area contributed by atoms with E-state index in [1.165, 1.54) is 11.1 Å². The average molecular weight is 558 g/mol. The molecule has 0 radical (unpaired) electrons. The number of hydrogen-bond donors (Lipinski definition) is 0. The molecule has 210 valence electrons. The standard InChI is InChI=1S/C33H39N3O3S/c1-24(29-17-18-31(39-5)32-30(29)16-10-21-36(32)25(2)37)35(3)20-11-19-33(23-34,40-28-14-7-6-8-15-28)26-12-9-13-27(22-26)38-4/h6-9,12-15,17-18,22,24H,10-11,16,19-21H2,1-5H3. The number of thioether (sulfide) groups is 1. The Bertz CT molecular complexity index is 1360. The lowest BCUT2D eigenvalue weighted by Gasteiger charge is -2.35. The SMILES string of the molecule is COc1cccc(C(C#N)(CCCN(C)C(C)c2ccc(OC)c3c2CCCN3C(C)=O)Sc2ccccc2)c1. The third-order valence-electron chi connectivity index (χ3n) is 7.86. The first-order valence-electron chi connectivity index (χ1n) is 13.8. The Morgan fingerprint density at radius 3 is 2.58 bits per heavy atom. The largest absolute Gasteiger partial charge is 0.497 e.